The number of rotatable bonds is 1. The second-order valence-electron chi connectivity index (χ2n) is 4.79. The summed E-state index contributed by atoms with van der Waals surface area (Å²) in [6, 6.07) is 18.3. The molecule has 0 spiro atoms. The summed E-state index contributed by atoms with van der Waals surface area (Å²) in [6.07, 6.45) is 6.54. The summed E-state index contributed by atoms with van der Waals surface area (Å²) in [5, 5.41) is 11.2. The van der Waals surface area contributed by atoms with Gasteiger partial charge < -0.3 is 5.11 Å². The number of aliphatic hydroxyl groups excluding tert-OH is 1. The van der Waals surface area contributed by atoms with Crippen LogP contribution in [-0.4, -0.2) is 9.67 Å². The van der Waals surface area contributed by atoms with Crippen molar-refractivity contribution in [3.05, 3.63) is 78.0 Å². The van der Waals surface area contributed by atoms with Crippen LogP contribution in [-0.2, 0) is 0 Å². The molecule has 1 N–H and O–H groups in total. The quantitative estimate of drug-likeness (QED) is 0.644. The van der Waals surface area contributed by atoms with Crippen LogP contribution in [0.5, 0.6) is 0 Å². The van der Waals surface area contributed by atoms with E-state index in [-0.39, 0.29) is 5.76 Å². The molecule has 0 aliphatic heterocycles. The van der Waals surface area contributed by atoms with Crippen molar-refractivity contribution >= 4 is 22.7 Å². The molecule has 0 unspecified atom stereocenters. The molecule has 20 heavy (non-hydrogen) atoms. The lowest BCUT2D eigenvalue weighted by atomic mass is 10.1. The Balaban J connectivity index is 2.17. The van der Waals surface area contributed by atoms with Gasteiger partial charge in [0.1, 0.15) is 12.2 Å². The Morgan fingerprint density at radius 3 is 2.50 bits per heavy atom. The van der Waals surface area contributed by atoms with Gasteiger partial charge in [0.05, 0.1) is 11.2 Å². The minimum Gasteiger partial charge on any atom is -0.448 e. The second kappa shape index (κ2) is 4.09. The lowest BCUT2D eigenvalue weighted by Crippen LogP contribution is -1.99. The number of para-hydroxylation sites is 2. The Bertz CT molecular complexity index is 854. The Morgan fingerprint density at radius 1 is 0.900 bits per heavy atom. The number of aliphatic hydroxyl groups is 1. The summed E-state index contributed by atoms with van der Waals surface area (Å²) >= 11 is 0. The number of hydrogen-bond acceptors (Lipinski definition) is 1. The van der Waals surface area contributed by atoms with E-state index in [0.29, 0.717) is 0 Å². The van der Waals surface area contributed by atoms with Gasteiger partial charge in [-0.2, -0.15) is 0 Å². The van der Waals surface area contributed by atoms with E-state index in [1.807, 2.05) is 42.5 Å². The summed E-state index contributed by atoms with van der Waals surface area (Å²) < 4.78 is 2.15. The number of allylic oxidation sites excluding steroid dienone is 2. The van der Waals surface area contributed by atoms with Crippen LogP contribution < -0.4 is 0 Å². The maximum absolute atomic E-state index is 10.2. The van der Waals surface area contributed by atoms with Crippen molar-refractivity contribution in [1.82, 2.24) is 4.57 Å². The Morgan fingerprint density at radius 2 is 1.65 bits per heavy atom. The molecule has 1 aromatic heterocycles. The first kappa shape index (κ1) is 11.0. The summed E-state index contributed by atoms with van der Waals surface area (Å²) in [6.45, 7) is 0. The van der Waals surface area contributed by atoms with E-state index in [0.717, 1.165) is 27.8 Å². The molecular weight excluding hydrogens is 246 g/mol. The molecule has 94 valence electrons. The van der Waals surface area contributed by atoms with Gasteiger partial charge in [-0.1, -0.05) is 30.3 Å². The fraction of sp³-hybridized carbons (Fsp3) is 0. The third-order valence-corrected chi connectivity index (χ3v) is 3.62. The number of nitrogens with zero attached hydrogens (tertiary/aromatic N) is 1. The van der Waals surface area contributed by atoms with E-state index in [2.05, 4.69) is 28.8 Å². The molecule has 0 saturated carbocycles. The zero-order chi connectivity index (χ0) is 13.5. The number of fused-ring (bicyclic) bond motifs is 3. The zero-order valence-corrected chi connectivity index (χ0v) is 10.7. The van der Waals surface area contributed by atoms with Crippen LogP contribution in [0.3, 0.4) is 0 Å². The van der Waals surface area contributed by atoms with Crippen LogP contribution in [0, 0.1) is 6.08 Å². The average molecular weight is 258 g/mol. The number of hydrogen-bond donors (Lipinski definition) is 1. The maximum atomic E-state index is 10.2. The van der Waals surface area contributed by atoms with Crippen molar-refractivity contribution in [1.29, 1.82) is 0 Å². The van der Waals surface area contributed by atoms with Crippen LogP contribution in [0.1, 0.15) is 11.3 Å². The highest BCUT2D eigenvalue weighted by Gasteiger charge is 2.28. The monoisotopic (exact) mass is 258 g/mol. The van der Waals surface area contributed by atoms with Gasteiger partial charge in [-0.15, -0.1) is 0 Å². The van der Waals surface area contributed by atoms with Gasteiger partial charge in [-0.25, -0.2) is 0 Å². The van der Waals surface area contributed by atoms with E-state index in [1.165, 1.54) is 0 Å². The SMILES string of the molecule is OC1=C[C+]=Cc2c1c1ccccc1n2-c1ccccc1. The smallest absolute Gasteiger partial charge is 0.240 e. The van der Waals surface area contributed by atoms with Gasteiger partial charge in [0.2, 0.25) is 5.76 Å². The molecule has 3 aromatic rings. The Hall–Kier alpha value is -2.83. The molecule has 4 rings (SSSR count). The van der Waals surface area contributed by atoms with Crippen molar-refractivity contribution in [2.24, 2.45) is 0 Å². The topological polar surface area (TPSA) is 25.2 Å². The van der Waals surface area contributed by atoms with Gasteiger partial charge in [0.25, 0.3) is 0 Å². The minimum atomic E-state index is 0.272. The highest BCUT2D eigenvalue weighted by molar-refractivity contribution is 5.98. The van der Waals surface area contributed by atoms with Gasteiger partial charge in [-0.05, 0) is 24.3 Å². The predicted octanol–water partition coefficient (Wildman–Crippen LogP) is 4.36. The van der Waals surface area contributed by atoms with Crippen molar-refractivity contribution in [2.45, 2.75) is 0 Å². The van der Waals surface area contributed by atoms with Crippen molar-refractivity contribution < 1.29 is 5.11 Å². The van der Waals surface area contributed by atoms with Gasteiger partial charge in [-0.3, -0.25) is 4.57 Å². The highest BCUT2D eigenvalue weighted by Crippen LogP contribution is 2.35. The molecule has 0 atom stereocenters. The largest absolute Gasteiger partial charge is 0.448 e. The zero-order valence-electron chi connectivity index (χ0n) is 10.7. The molecule has 0 bridgehead atoms. The average Bonchev–Trinajstić information content (AvgIpc) is 2.84. The van der Waals surface area contributed by atoms with Crippen LogP contribution in [0.25, 0.3) is 28.4 Å². The molecule has 2 heteroatoms. The molecule has 2 aromatic carbocycles. The predicted molar refractivity (Wildman–Crippen MR) is 81.6 cm³/mol. The summed E-state index contributed by atoms with van der Waals surface area (Å²) in [5.41, 5.74) is 4.02. The molecule has 0 saturated heterocycles. The second-order valence-corrected chi connectivity index (χ2v) is 4.79. The number of benzene rings is 2. The van der Waals surface area contributed by atoms with E-state index in [9.17, 15) is 5.11 Å². The fourth-order valence-electron chi connectivity index (χ4n) is 2.79. The molecule has 2 nitrogen and oxygen atoms in total. The van der Waals surface area contributed by atoms with Crippen LogP contribution >= 0.6 is 0 Å². The minimum absolute atomic E-state index is 0.272. The first-order chi connectivity index (χ1) is 9.86. The van der Waals surface area contributed by atoms with Gasteiger partial charge >= 0.3 is 0 Å². The first-order valence-corrected chi connectivity index (χ1v) is 6.54. The van der Waals surface area contributed by atoms with Crippen LogP contribution in [0.4, 0.5) is 0 Å². The Kier molecular flexibility index (Phi) is 2.26. The summed E-state index contributed by atoms with van der Waals surface area (Å²) in [5.74, 6) is 0.272. The first-order valence-electron chi connectivity index (χ1n) is 6.54. The molecule has 1 heterocycles. The van der Waals surface area contributed by atoms with Crippen molar-refractivity contribution in [3.63, 3.8) is 0 Å². The fourth-order valence-corrected chi connectivity index (χ4v) is 2.79. The molecule has 1 aliphatic rings. The summed E-state index contributed by atoms with van der Waals surface area (Å²) in [7, 11) is 0. The third kappa shape index (κ3) is 1.43. The van der Waals surface area contributed by atoms with Crippen molar-refractivity contribution in [3.8, 4) is 5.69 Å². The summed E-state index contributed by atoms with van der Waals surface area (Å²) in [4.78, 5) is 0. The van der Waals surface area contributed by atoms with Crippen LogP contribution in [0.2, 0.25) is 0 Å². The Labute approximate surface area is 116 Å². The lowest BCUT2D eigenvalue weighted by Gasteiger charge is -2.05. The molecule has 1 aliphatic carbocycles. The van der Waals surface area contributed by atoms with Crippen LogP contribution in [0.15, 0.2) is 60.7 Å². The normalized spacial score (nSPS) is 12.9. The molecule has 0 fully saturated rings. The van der Waals surface area contributed by atoms with Gasteiger partial charge in [0.15, 0.2) is 11.3 Å². The van der Waals surface area contributed by atoms with Crippen molar-refractivity contribution in [2.75, 3.05) is 0 Å². The number of aromatic nitrogens is 1. The molecule has 0 amide bonds. The van der Waals surface area contributed by atoms with E-state index >= 15 is 0 Å². The molecular formula is C18H12NO+. The van der Waals surface area contributed by atoms with E-state index in [1.54, 1.807) is 6.08 Å². The maximum Gasteiger partial charge on any atom is 0.240 e. The van der Waals surface area contributed by atoms with E-state index < -0.39 is 0 Å². The van der Waals surface area contributed by atoms with Gasteiger partial charge in [0, 0.05) is 11.5 Å². The lowest BCUT2D eigenvalue weighted by molar-refractivity contribution is 0.511. The highest BCUT2D eigenvalue weighted by atomic mass is 16.3. The molecule has 0 radical (unpaired) electrons. The van der Waals surface area contributed by atoms with E-state index in [4.69, 9.17) is 0 Å². The standard InChI is InChI=1S/C18H11NO/c20-17-12-6-11-16-18(17)14-9-4-5-10-15(14)19(16)13-7-2-1-3-8-13/h1-5,7-12H/p+1. The third-order valence-electron chi connectivity index (χ3n) is 3.62.